The quantitative estimate of drug-likeness (QED) is 0.563. The Morgan fingerprint density at radius 2 is 2.00 bits per heavy atom. The Kier molecular flexibility index (Phi) is 2.73. The Morgan fingerprint density at radius 3 is 2.69 bits per heavy atom. The lowest BCUT2D eigenvalue weighted by Crippen LogP contribution is -2.24. The summed E-state index contributed by atoms with van der Waals surface area (Å²) in [6, 6.07) is 0. The van der Waals surface area contributed by atoms with Crippen LogP contribution >= 0.6 is 0 Å². The van der Waals surface area contributed by atoms with Crippen LogP contribution in [0.1, 0.15) is 45.4 Å². The standard InChI is InChI=1S/C12H20O/c1-2-6-11-9-12(10-13-11)7-4-3-5-8-12/h2,6,11H,3-5,7-10H2,1H3/b6-2+. The van der Waals surface area contributed by atoms with E-state index in [0.29, 0.717) is 11.5 Å². The third-order valence-corrected chi connectivity index (χ3v) is 3.56. The van der Waals surface area contributed by atoms with Crippen molar-refractivity contribution >= 4 is 0 Å². The third kappa shape index (κ3) is 1.96. The highest BCUT2D eigenvalue weighted by Gasteiger charge is 2.39. The molecule has 1 spiro atoms. The minimum Gasteiger partial charge on any atom is -0.374 e. The molecule has 2 fully saturated rings. The highest BCUT2D eigenvalue weighted by Crippen LogP contribution is 2.45. The normalized spacial score (nSPS) is 33.2. The van der Waals surface area contributed by atoms with Crippen molar-refractivity contribution in [2.24, 2.45) is 5.41 Å². The second kappa shape index (κ2) is 3.83. The zero-order chi connectivity index (χ0) is 9.15. The van der Waals surface area contributed by atoms with E-state index in [1.807, 2.05) is 0 Å². The van der Waals surface area contributed by atoms with Crippen LogP contribution in [0, 0.1) is 5.41 Å². The molecule has 0 aromatic rings. The molecule has 74 valence electrons. The van der Waals surface area contributed by atoms with Gasteiger partial charge < -0.3 is 4.74 Å². The van der Waals surface area contributed by atoms with Gasteiger partial charge in [-0.15, -0.1) is 0 Å². The molecule has 0 bridgehead atoms. The Labute approximate surface area is 81.2 Å². The van der Waals surface area contributed by atoms with Crippen LogP contribution in [0.15, 0.2) is 12.2 Å². The molecule has 1 saturated heterocycles. The van der Waals surface area contributed by atoms with E-state index in [2.05, 4.69) is 19.1 Å². The van der Waals surface area contributed by atoms with Gasteiger partial charge in [0.1, 0.15) is 0 Å². The second-order valence-electron chi connectivity index (χ2n) is 4.64. The molecule has 1 aliphatic heterocycles. The highest BCUT2D eigenvalue weighted by atomic mass is 16.5. The molecule has 13 heavy (non-hydrogen) atoms. The minimum atomic E-state index is 0.420. The summed E-state index contributed by atoms with van der Waals surface area (Å²) in [5.41, 5.74) is 0.572. The van der Waals surface area contributed by atoms with Crippen molar-refractivity contribution in [3.05, 3.63) is 12.2 Å². The summed E-state index contributed by atoms with van der Waals surface area (Å²) in [7, 11) is 0. The maximum atomic E-state index is 5.80. The summed E-state index contributed by atoms with van der Waals surface area (Å²) in [6.45, 7) is 3.09. The van der Waals surface area contributed by atoms with Gasteiger partial charge in [0.2, 0.25) is 0 Å². The second-order valence-corrected chi connectivity index (χ2v) is 4.64. The van der Waals surface area contributed by atoms with Crippen molar-refractivity contribution in [1.29, 1.82) is 0 Å². The zero-order valence-corrected chi connectivity index (χ0v) is 8.59. The molecule has 1 nitrogen and oxygen atoms in total. The van der Waals surface area contributed by atoms with Crippen molar-refractivity contribution in [1.82, 2.24) is 0 Å². The average Bonchev–Trinajstić information content (AvgIpc) is 2.51. The van der Waals surface area contributed by atoms with Crippen molar-refractivity contribution in [3.8, 4) is 0 Å². The van der Waals surface area contributed by atoms with Gasteiger partial charge in [-0.3, -0.25) is 0 Å². The lowest BCUT2D eigenvalue weighted by atomic mass is 9.73. The lowest BCUT2D eigenvalue weighted by molar-refractivity contribution is 0.103. The average molecular weight is 180 g/mol. The molecule has 0 amide bonds. The Morgan fingerprint density at radius 1 is 1.23 bits per heavy atom. The molecule has 0 aromatic carbocycles. The minimum absolute atomic E-state index is 0.420. The van der Waals surface area contributed by atoms with E-state index in [1.54, 1.807) is 0 Å². The van der Waals surface area contributed by atoms with E-state index >= 15 is 0 Å². The number of rotatable bonds is 1. The number of ether oxygens (including phenoxy) is 1. The van der Waals surface area contributed by atoms with Crippen molar-refractivity contribution in [2.75, 3.05) is 6.61 Å². The molecule has 1 heteroatoms. The molecule has 1 atom stereocenters. The summed E-state index contributed by atoms with van der Waals surface area (Å²) in [6.07, 6.45) is 13.1. The fraction of sp³-hybridized carbons (Fsp3) is 0.833. The van der Waals surface area contributed by atoms with Gasteiger partial charge in [0.25, 0.3) is 0 Å². The van der Waals surface area contributed by atoms with Gasteiger partial charge in [0, 0.05) is 0 Å². The van der Waals surface area contributed by atoms with Gasteiger partial charge in [0.15, 0.2) is 0 Å². The first-order valence-electron chi connectivity index (χ1n) is 5.59. The van der Waals surface area contributed by atoms with Crippen LogP contribution in [0.25, 0.3) is 0 Å². The van der Waals surface area contributed by atoms with Crippen molar-refractivity contribution < 1.29 is 4.74 Å². The molecule has 1 unspecified atom stereocenters. The molecule has 0 N–H and O–H groups in total. The van der Waals surface area contributed by atoms with Crippen LogP contribution < -0.4 is 0 Å². The van der Waals surface area contributed by atoms with E-state index in [-0.39, 0.29) is 0 Å². The van der Waals surface area contributed by atoms with Crippen LogP contribution in [-0.2, 0) is 4.74 Å². The Balaban J connectivity index is 1.94. The fourth-order valence-electron chi connectivity index (χ4n) is 2.82. The first-order valence-corrected chi connectivity index (χ1v) is 5.59. The topological polar surface area (TPSA) is 9.23 Å². The summed E-state index contributed by atoms with van der Waals surface area (Å²) < 4.78 is 5.80. The van der Waals surface area contributed by atoms with Gasteiger partial charge in [-0.05, 0) is 31.6 Å². The maximum absolute atomic E-state index is 5.80. The smallest absolute Gasteiger partial charge is 0.0762 e. The molecule has 1 saturated carbocycles. The SMILES string of the molecule is C/C=C/C1CC2(CCCCC2)CO1. The van der Waals surface area contributed by atoms with Crippen LogP contribution in [0.4, 0.5) is 0 Å². The Bertz CT molecular complexity index is 189. The van der Waals surface area contributed by atoms with Gasteiger partial charge in [-0.1, -0.05) is 31.4 Å². The number of hydrogen-bond donors (Lipinski definition) is 0. The summed E-state index contributed by atoms with van der Waals surface area (Å²) in [4.78, 5) is 0. The molecule has 1 aliphatic carbocycles. The Hall–Kier alpha value is -0.300. The molecule has 2 aliphatic rings. The number of allylic oxidation sites excluding steroid dienone is 1. The summed E-state index contributed by atoms with van der Waals surface area (Å²) in [5, 5.41) is 0. The fourth-order valence-corrected chi connectivity index (χ4v) is 2.82. The maximum Gasteiger partial charge on any atom is 0.0762 e. The van der Waals surface area contributed by atoms with Crippen LogP contribution in [0.5, 0.6) is 0 Å². The van der Waals surface area contributed by atoms with E-state index < -0.39 is 0 Å². The van der Waals surface area contributed by atoms with Gasteiger partial charge in [-0.25, -0.2) is 0 Å². The predicted molar refractivity (Wildman–Crippen MR) is 54.7 cm³/mol. The monoisotopic (exact) mass is 180 g/mol. The van der Waals surface area contributed by atoms with Crippen LogP contribution in [-0.4, -0.2) is 12.7 Å². The lowest BCUT2D eigenvalue weighted by Gasteiger charge is -2.31. The molecular formula is C12H20O. The van der Waals surface area contributed by atoms with Gasteiger partial charge in [-0.2, -0.15) is 0 Å². The van der Waals surface area contributed by atoms with Crippen molar-refractivity contribution in [2.45, 2.75) is 51.6 Å². The predicted octanol–water partition coefficient (Wildman–Crippen LogP) is 3.30. The molecule has 0 radical (unpaired) electrons. The third-order valence-electron chi connectivity index (χ3n) is 3.56. The van der Waals surface area contributed by atoms with Gasteiger partial charge in [0.05, 0.1) is 12.7 Å². The van der Waals surface area contributed by atoms with E-state index in [1.165, 1.54) is 38.5 Å². The highest BCUT2D eigenvalue weighted by molar-refractivity contribution is 4.98. The van der Waals surface area contributed by atoms with Crippen LogP contribution in [0.2, 0.25) is 0 Å². The van der Waals surface area contributed by atoms with E-state index in [0.717, 1.165) is 6.61 Å². The van der Waals surface area contributed by atoms with E-state index in [4.69, 9.17) is 4.74 Å². The first-order chi connectivity index (χ1) is 6.35. The largest absolute Gasteiger partial charge is 0.374 e. The van der Waals surface area contributed by atoms with E-state index in [9.17, 15) is 0 Å². The molecule has 1 heterocycles. The molecular weight excluding hydrogens is 160 g/mol. The summed E-state index contributed by atoms with van der Waals surface area (Å²) >= 11 is 0. The van der Waals surface area contributed by atoms with Crippen LogP contribution in [0.3, 0.4) is 0 Å². The van der Waals surface area contributed by atoms with Crippen molar-refractivity contribution in [3.63, 3.8) is 0 Å². The molecule has 0 aromatic heterocycles. The zero-order valence-electron chi connectivity index (χ0n) is 8.59. The van der Waals surface area contributed by atoms with Gasteiger partial charge >= 0.3 is 0 Å². The number of hydrogen-bond acceptors (Lipinski definition) is 1. The molecule has 2 rings (SSSR count). The first kappa shape index (κ1) is 9.26. The summed E-state index contributed by atoms with van der Waals surface area (Å²) in [5.74, 6) is 0.